The number of amides is 3. The van der Waals surface area contributed by atoms with Crippen LogP contribution in [0.2, 0.25) is 0 Å². The van der Waals surface area contributed by atoms with E-state index in [1.54, 1.807) is 29.2 Å². The molecule has 2 aliphatic heterocycles. The fourth-order valence-corrected chi connectivity index (χ4v) is 8.64. The van der Waals surface area contributed by atoms with Crippen molar-refractivity contribution < 1.29 is 27.5 Å². The number of fused-ring (bicyclic) bond motifs is 1. The number of hydrogen-bond donors (Lipinski definition) is 2. The van der Waals surface area contributed by atoms with E-state index in [0.717, 1.165) is 42.4 Å². The Morgan fingerprint density at radius 2 is 1.82 bits per heavy atom. The number of benzene rings is 2. The Labute approximate surface area is 265 Å². The van der Waals surface area contributed by atoms with Gasteiger partial charge in [0, 0.05) is 26.2 Å². The summed E-state index contributed by atoms with van der Waals surface area (Å²) in [5.74, 6) is -1.47. The Kier molecular flexibility index (Phi) is 8.06. The van der Waals surface area contributed by atoms with Crippen molar-refractivity contribution in [3.8, 4) is 0 Å². The summed E-state index contributed by atoms with van der Waals surface area (Å²) in [6.45, 7) is 8.86. The van der Waals surface area contributed by atoms with Gasteiger partial charge in [0.15, 0.2) is 0 Å². The summed E-state index contributed by atoms with van der Waals surface area (Å²) < 4.78 is 34.1. The molecule has 0 radical (unpaired) electrons. The molecule has 2 N–H and O–H groups in total. The van der Waals surface area contributed by atoms with Crippen LogP contribution in [-0.4, -0.2) is 72.8 Å². The topological polar surface area (TPSA) is 125 Å². The number of hydrogen-bond acceptors (Lipinski definition) is 6. The van der Waals surface area contributed by atoms with Crippen LogP contribution in [0.25, 0.3) is 5.57 Å². The zero-order valence-electron chi connectivity index (χ0n) is 26.4. The molecule has 45 heavy (non-hydrogen) atoms. The second-order valence-electron chi connectivity index (χ2n) is 13.6. The molecule has 1 unspecified atom stereocenters. The lowest BCUT2D eigenvalue weighted by Crippen LogP contribution is -2.61. The quantitative estimate of drug-likeness (QED) is 0.511. The highest BCUT2D eigenvalue weighted by Crippen LogP contribution is 2.52. The van der Waals surface area contributed by atoms with Crippen molar-refractivity contribution in [3.63, 3.8) is 0 Å². The van der Waals surface area contributed by atoms with Crippen molar-refractivity contribution >= 4 is 33.5 Å². The van der Waals surface area contributed by atoms with E-state index >= 15 is 0 Å². The Morgan fingerprint density at radius 3 is 2.51 bits per heavy atom. The van der Waals surface area contributed by atoms with Crippen molar-refractivity contribution in [1.82, 2.24) is 19.8 Å². The van der Waals surface area contributed by atoms with Gasteiger partial charge in [-0.25, -0.2) is 13.2 Å². The highest BCUT2D eigenvalue weighted by atomic mass is 32.2. The molecule has 6 rings (SSSR count). The molecule has 1 saturated heterocycles. The lowest BCUT2D eigenvalue weighted by molar-refractivity contribution is -0.132. The first-order valence-corrected chi connectivity index (χ1v) is 17.2. The number of carbonyl (C=O) groups excluding carboxylic acids is 3. The third kappa shape index (κ3) is 6.00. The minimum Gasteiger partial charge on any atom is -0.444 e. The van der Waals surface area contributed by atoms with Crippen LogP contribution in [0.3, 0.4) is 0 Å². The maximum Gasteiger partial charge on any atom is 0.410 e. The number of aryl methyl sites for hydroxylation is 2. The van der Waals surface area contributed by atoms with Crippen LogP contribution in [-0.2, 0) is 30.8 Å². The zero-order valence-corrected chi connectivity index (χ0v) is 27.2. The van der Waals surface area contributed by atoms with Crippen molar-refractivity contribution in [2.45, 2.75) is 81.9 Å². The summed E-state index contributed by atoms with van der Waals surface area (Å²) in [6.07, 6.45) is 5.22. The molecule has 0 bridgehead atoms. The second kappa shape index (κ2) is 11.6. The van der Waals surface area contributed by atoms with Crippen LogP contribution in [0.4, 0.5) is 4.79 Å². The number of nitrogens with one attached hydrogen (secondary N) is 2. The van der Waals surface area contributed by atoms with E-state index in [9.17, 15) is 22.8 Å². The van der Waals surface area contributed by atoms with E-state index in [-0.39, 0.29) is 42.4 Å². The van der Waals surface area contributed by atoms with Gasteiger partial charge in [0.05, 0.1) is 16.9 Å². The maximum atomic E-state index is 13.7. The van der Waals surface area contributed by atoms with E-state index in [1.807, 2.05) is 27.7 Å². The van der Waals surface area contributed by atoms with Crippen molar-refractivity contribution in [1.29, 1.82) is 0 Å². The summed E-state index contributed by atoms with van der Waals surface area (Å²) in [6, 6.07) is 12.7. The summed E-state index contributed by atoms with van der Waals surface area (Å²) in [5.41, 5.74) is 3.51. The van der Waals surface area contributed by atoms with Gasteiger partial charge in [-0.05, 0) is 94.2 Å². The smallest absolute Gasteiger partial charge is 0.410 e. The van der Waals surface area contributed by atoms with Gasteiger partial charge >= 0.3 is 6.09 Å². The molecule has 240 valence electrons. The fraction of sp³-hybridized carbons (Fsp3) is 0.500. The Balaban J connectivity index is 1.15. The normalized spacial score (nSPS) is 25.2. The third-order valence-electron chi connectivity index (χ3n) is 9.30. The van der Waals surface area contributed by atoms with Gasteiger partial charge in [-0.3, -0.25) is 9.59 Å². The average Bonchev–Trinajstić information content (AvgIpc) is 3.74. The molecule has 3 atom stereocenters. The lowest BCUT2D eigenvalue weighted by atomic mass is 9.85. The van der Waals surface area contributed by atoms with E-state index in [1.165, 1.54) is 15.4 Å². The molecule has 2 heterocycles. The lowest BCUT2D eigenvalue weighted by Gasteiger charge is -2.35. The van der Waals surface area contributed by atoms with Crippen LogP contribution in [0, 0.1) is 12.8 Å². The molecule has 2 aromatic rings. The first kappa shape index (κ1) is 31.3. The molecule has 2 aromatic carbocycles. The monoisotopic (exact) mass is 634 g/mol. The van der Waals surface area contributed by atoms with Crippen molar-refractivity contribution in [2.24, 2.45) is 5.92 Å². The van der Waals surface area contributed by atoms with Gasteiger partial charge in [-0.15, -0.1) is 0 Å². The average molecular weight is 635 g/mol. The Hall–Kier alpha value is -3.70. The number of nitrogens with zero attached hydrogens (tertiary/aromatic N) is 2. The summed E-state index contributed by atoms with van der Waals surface area (Å²) in [5, 5.41) is 5.97. The van der Waals surface area contributed by atoms with Gasteiger partial charge in [0.25, 0.3) is 0 Å². The van der Waals surface area contributed by atoms with E-state index < -0.39 is 33.0 Å². The molecule has 3 amide bonds. The molecule has 4 aliphatic rings. The molecule has 10 nitrogen and oxygen atoms in total. The van der Waals surface area contributed by atoms with Crippen LogP contribution in [0.5, 0.6) is 0 Å². The number of piperazine rings is 1. The highest BCUT2D eigenvalue weighted by molar-refractivity contribution is 7.89. The predicted molar refractivity (Wildman–Crippen MR) is 170 cm³/mol. The van der Waals surface area contributed by atoms with Gasteiger partial charge in [0.1, 0.15) is 11.1 Å². The Bertz CT molecular complexity index is 1660. The molecule has 1 saturated carbocycles. The minimum atomic E-state index is -3.98. The van der Waals surface area contributed by atoms with Gasteiger partial charge in [0.2, 0.25) is 21.8 Å². The van der Waals surface area contributed by atoms with E-state index in [0.29, 0.717) is 13.1 Å². The molecule has 0 aromatic heterocycles. The summed E-state index contributed by atoms with van der Waals surface area (Å²) in [7, 11) is -3.98. The standard InChI is InChI=1S/C34H42N4O6S/c1-22-8-11-26(12-9-22)45(42,43)38-19-16-35-31(40)34(38)21-28(34)30(39)36-29-7-5-6-25-20-24(10-13-27(25)29)23-14-17-37(18-15-23)32(41)44-33(2,3)4/h8-14,20,28-29H,5-7,15-19,21H2,1-4H3,(H,35,40)(H,36,39)/t28?,29-,34-/m1/s1. The SMILES string of the molecule is Cc1ccc(S(=O)(=O)N2CCNC(=O)[C@]23CC3C(=O)N[C@@H]2CCCc3cc(C4=CCN(C(=O)OC(C)(C)C)CC4)ccc32)cc1. The molecular weight excluding hydrogens is 592 g/mol. The largest absolute Gasteiger partial charge is 0.444 e. The maximum absolute atomic E-state index is 13.7. The van der Waals surface area contributed by atoms with Crippen LogP contribution in [0.15, 0.2) is 53.4 Å². The van der Waals surface area contributed by atoms with Crippen molar-refractivity contribution in [3.05, 3.63) is 70.8 Å². The highest BCUT2D eigenvalue weighted by Gasteiger charge is 2.70. The van der Waals surface area contributed by atoms with Crippen LogP contribution >= 0.6 is 0 Å². The molecule has 11 heteroatoms. The number of carbonyl (C=O) groups is 3. The molecular formula is C34H42N4O6S. The van der Waals surface area contributed by atoms with E-state index in [4.69, 9.17) is 4.74 Å². The number of rotatable bonds is 5. The molecule has 2 aliphatic carbocycles. The first-order valence-electron chi connectivity index (χ1n) is 15.8. The first-order chi connectivity index (χ1) is 21.3. The van der Waals surface area contributed by atoms with Gasteiger partial charge in [-0.2, -0.15) is 4.31 Å². The Morgan fingerprint density at radius 1 is 1.07 bits per heavy atom. The number of ether oxygens (including phenoxy) is 1. The summed E-state index contributed by atoms with van der Waals surface area (Å²) >= 11 is 0. The third-order valence-corrected chi connectivity index (χ3v) is 11.3. The molecule has 1 spiro atoms. The second-order valence-corrected chi connectivity index (χ2v) is 15.5. The zero-order chi connectivity index (χ0) is 32.1. The van der Waals surface area contributed by atoms with Crippen LogP contribution < -0.4 is 10.6 Å². The summed E-state index contributed by atoms with van der Waals surface area (Å²) in [4.78, 5) is 41.2. The molecule has 2 fully saturated rings. The number of sulfonamides is 1. The minimum absolute atomic E-state index is 0.117. The van der Waals surface area contributed by atoms with E-state index in [2.05, 4.69) is 34.9 Å². The van der Waals surface area contributed by atoms with Crippen molar-refractivity contribution in [2.75, 3.05) is 26.2 Å². The van der Waals surface area contributed by atoms with Gasteiger partial charge in [-0.1, -0.05) is 42.0 Å². The predicted octanol–water partition coefficient (Wildman–Crippen LogP) is 4.09. The van der Waals surface area contributed by atoms with Gasteiger partial charge < -0.3 is 20.3 Å². The fourth-order valence-electron chi connectivity index (χ4n) is 6.86. The van der Waals surface area contributed by atoms with Crippen LogP contribution in [0.1, 0.15) is 74.8 Å².